The van der Waals surface area contributed by atoms with Crippen LogP contribution in [0.2, 0.25) is 0 Å². The van der Waals surface area contributed by atoms with Crippen molar-refractivity contribution in [2.75, 3.05) is 12.9 Å². The maximum absolute atomic E-state index is 12.0. The van der Waals surface area contributed by atoms with Crippen LogP contribution in [-0.4, -0.2) is 37.2 Å². The molecule has 1 aromatic carbocycles. The summed E-state index contributed by atoms with van der Waals surface area (Å²) in [6.07, 6.45) is 2.58. The first kappa shape index (κ1) is 18.7. The molecule has 2 heterocycles. The van der Waals surface area contributed by atoms with E-state index in [-0.39, 0.29) is 18.1 Å². The number of benzene rings is 1. The van der Waals surface area contributed by atoms with E-state index in [0.717, 1.165) is 11.8 Å². The zero-order chi connectivity index (χ0) is 19.6. The van der Waals surface area contributed by atoms with Crippen molar-refractivity contribution in [2.45, 2.75) is 13.8 Å². The van der Waals surface area contributed by atoms with Crippen LogP contribution in [0.15, 0.2) is 36.5 Å². The summed E-state index contributed by atoms with van der Waals surface area (Å²) in [6, 6.07) is 8.13. The van der Waals surface area contributed by atoms with Gasteiger partial charge in [0.1, 0.15) is 11.4 Å². The zero-order valence-electron chi connectivity index (χ0n) is 15.0. The van der Waals surface area contributed by atoms with E-state index in [9.17, 15) is 13.2 Å². The van der Waals surface area contributed by atoms with Gasteiger partial charge in [0.15, 0.2) is 5.75 Å². The number of ether oxygens (including phenoxy) is 2. The molecule has 0 aliphatic carbocycles. The van der Waals surface area contributed by atoms with E-state index in [1.807, 2.05) is 13.0 Å². The van der Waals surface area contributed by atoms with Crippen LogP contribution in [0.4, 0.5) is 0 Å². The lowest BCUT2D eigenvalue weighted by atomic mass is 10.2. The van der Waals surface area contributed by atoms with Crippen LogP contribution >= 0.6 is 0 Å². The van der Waals surface area contributed by atoms with Gasteiger partial charge < -0.3 is 18.6 Å². The summed E-state index contributed by atoms with van der Waals surface area (Å²) in [5, 5.41) is 0.529. The molecule has 27 heavy (non-hydrogen) atoms. The summed E-state index contributed by atoms with van der Waals surface area (Å²) in [7, 11) is -3.79. The van der Waals surface area contributed by atoms with Crippen molar-refractivity contribution in [3.8, 4) is 17.4 Å². The topological polar surface area (TPSA) is 108 Å². The molecule has 9 heteroatoms. The second-order valence-electron chi connectivity index (χ2n) is 5.85. The van der Waals surface area contributed by atoms with Crippen molar-refractivity contribution in [3.05, 3.63) is 47.8 Å². The Balaban J connectivity index is 2.06. The van der Waals surface area contributed by atoms with Crippen molar-refractivity contribution >= 4 is 27.0 Å². The van der Waals surface area contributed by atoms with E-state index in [1.165, 1.54) is 12.1 Å². The first-order chi connectivity index (χ1) is 12.7. The van der Waals surface area contributed by atoms with Crippen molar-refractivity contribution in [3.63, 3.8) is 0 Å². The van der Waals surface area contributed by atoms with E-state index >= 15 is 0 Å². The monoisotopic (exact) mass is 390 g/mol. The van der Waals surface area contributed by atoms with Gasteiger partial charge >= 0.3 is 16.1 Å². The molecule has 0 unspecified atom stereocenters. The number of pyridine rings is 1. The molecule has 2 aromatic heterocycles. The van der Waals surface area contributed by atoms with Gasteiger partial charge in [-0.3, -0.25) is 0 Å². The quantitative estimate of drug-likeness (QED) is 0.509. The molecule has 3 rings (SSSR count). The first-order valence-corrected chi connectivity index (χ1v) is 9.90. The molecule has 0 bridgehead atoms. The lowest BCUT2D eigenvalue weighted by molar-refractivity contribution is 0.0520. The number of rotatable bonds is 6. The minimum absolute atomic E-state index is 0.00709. The molecule has 0 radical (unpaired) electrons. The van der Waals surface area contributed by atoms with Crippen LogP contribution in [-0.2, 0) is 14.9 Å². The number of aromatic amines is 1. The Labute approximate surface area is 156 Å². The average molecular weight is 390 g/mol. The Morgan fingerprint density at radius 2 is 2.00 bits per heavy atom. The van der Waals surface area contributed by atoms with Gasteiger partial charge in [0.25, 0.3) is 0 Å². The fourth-order valence-corrected chi connectivity index (χ4v) is 2.88. The number of hydrogen-bond donors (Lipinski definition) is 1. The van der Waals surface area contributed by atoms with E-state index in [1.54, 1.807) is 25.3 Å². The third-order valence-electron chi connectivity index (χ3n) is 3.51. The molecular weight excluding hydrogens is 372 g/mol. The van der Waals surface area contributed by atoms with E-state index in [4.69, 9.17) is 13.7 Å². The van der Waals surface area contributed by atoms with Gasteiger partial charge in [-0.2, -0.15) is 8.42 Å². The number of aryl methyl sites for hydroxylation is 1. The van der Waals surface area contributed by atoms with Gasteiger partial charge in [-0.05, 0) is 31.5 Å². The minimum atomic E-state index is -3.79. The van der Waals surface area contributed by atoms with Crippen LogP contribution in [0.5, 0.6) is 17.4 Å². The van der Waals surface area contributed by atoms with Gasteiger partial charge in [0.05, 0.1) is 18.4 Å². The van der Waals surface area contributed by atoms with Crippen molar-refractivity contribution < 1.29 is 26.9 Å². The number of carbonyl (C=O) groups is 1. The first-order valence-electron chi connectivity index (χ1n) is 8.09. The molecule has 0 aliphatic heterocycles. The lowest BCUT2D eigenvalue weighted by Crippen LogP contribution is -2.07. The second-order valence-corrected chi connectivity index (χ2v) is 7.43. The molecule has 0 saturated carbocycles. The molecule has 0 spiro atoms. The zero-order valence-corrected chi connectivity index (χ0v) is 15.8. The highest BCUT2D eigenvalue weighted by atomic mass is 32.2. The number of nitrogens with one attached hydrogen (secondary N) is 1. The number of esters is 1. The molecule has 0 saturated heterocycles. The van der Waals surface area contributed by atoms with Gasteiger partial charge in [0, 0.05) is 23.7 Å². The van der Waals surface area contributed by atoms with Gasteiger partial charge in [-0.15, -0.1) is 0 Å². The molecule has 3 aromatic rings. The second kappa shape index (κ2) is 7.28. The predicted octanol–water partition coefficient (Wildman–Crippen LogP) is 3.18. The molecule has 8 nitrogen and oxygen atoms in total. The number of nitrogens with zero attached hydrogens (tertiary/aromatic N) is 1. The van der Waals surface area contributed by atoms with Crippen LogP contribution in [0.1, 0.15) is 23.0 Å². The SMILES string of the molecule is CCOC(=O)c1cc2cc(Oc3ccc(C)cn3)cc(OS(C)(=O)=O)c2[nH]1. The molecule has 0 amide bonds. The molecule has 0 atom stereocenters. The summed E-state index contributed by atoms with van der Waals surface area (Å²) in [4.78, 5) is 19.0. The number of aromatic nitrogens is 2. The van der Waals surface area contributed by atoms with Crippen LogP contribution < -0.4 is 8.92 Å². The third kappa shape index (κ3) is 4.56. The van der Waals surface area contributed by atoms with Crippen LogP contribution in [0.3, 0.4) is 0 Å². The smallest absolute Gasteiger partial charge is 0.354 e. The number of H-pyrrole nitrogens is 1. The molecule has 1 N–H and O–H groups in total. The molecule has 142 valence electrons. The average Bonchev–Trinajstić information content (AvgIpc) is 3.00. The highest BCUT2D eigenvalue weighted by Crippen LogP contribution is 2.34. The summed E-state index contributed by atoms with van der Waals surface area (Å²) in [5.74, 6) is 0.104. The number of carbonyl (C=O) groups excluding carboxylic acids is 1. The van der Waals surface area contributed by atoms with Crippen molar-refractivity contribution in [1.82, 2.24) is 9.97 Å². The lowest BCUT2D eigenvalue weighted by Gasteiger charge is -2.09. The van der Waals surface area contributed by atoms with E-state index in [0.29, 0.717) is 22.5 Å². The standard InChI is InChI=1S/C18H18N2O6S/c1-4-24-18(21)14-8-12-7-13(25-16-6-5-11(2)10-19-16)9-15(17(12)20-14)26-27(3,22)23/h5-10,20H,4H2,1-3H3. The maximum Gasteiger partial charge on any atom is 0.354 e. The predicted molar refractivity (Wildman–Crippen MR) is 98.8 cm³/mol. The molecular formula is C18H18N2O6S. The molecule has 0 aliphatic rings. The third-order valence-corrected chi connectivity index (χ3v) is 3.99. The summed E-state index contributed by atoms with van der Waals surface area (Å²) >= 11 is 0. The van der Waals surface area contributed by atoms with Crippen molar-refractivity contribution in [2.24, 2.45) is 0 Å². The van der Waals surface area contributed by atoms with Crippen LogP contribution in [0, 0.1) is 6.92 Å². The Morgan fingerprint density at radius 3 is 2.63 bits per heavy atom. The maximum atomic E-state index is 12.0. The highest BCUT2D eigenvalue weighted by Gasteiger charge is 2.17. The van der Waals surface area contributed by atoms with E-state index in [2.05, 4.69) is 9.97 Å². The largest absolute Gasteiger partial charge is 0.461 e. The Kier molecular flexibility index (Phi) is 5.04. The number of hydrogen-bond acceptors (Lipinski definition) is 7. The molecule has 0 fully saturated rings. The summed E-state index contributed by atoms with van der Waals surface area (Å²) < 4.78 is 38.9. The Bertz CT molecular complexity index is 1090. The Morgan fingerprint density at radius 1 is 1.22 bits per heavy atom. The van der Waals surface area contributed by atoms with Crippen LogP contribution in [0.25, 0.3) is 10.9 Å². The normalized spacial score (nSPS) is 11.4. The van der Waals surface area contributed by atoms with Crippen molar-refractivity contribution in [1.29, 1.82) is 0 Å². The van der Waals surface area contributed by atoms with Gasteiger partial charge in [-0.1, -0.05) is 6.07 Å². The minimum Gasteiger partial charge on any atom is -0.461 e. The Hall–Kier alpha value is -3.07. The van der Waals surface area contributed by atoms with E-state index < -0.39 is 16.1 Å². The highest BCUT2D eigenvalue weighted by molar-refractivity contribution is 7.86. The van der Waals surface area contributed by atoms with Gasteiger partial charge in [0.2, 0.25) is 5.88 Å². The fourth-order valence-electron chi connectivity index (χ4n) is 2.43. The summed E-state index contributed by atoms with van der Waals surface area (Å²) in [5.41, 5.74) is 1.49. The summed E-state index contributed by atoms with van der Waals surface area (Å²) in [6.45, 7) is 3.81. The van der Waals surface area contributed by atoms with Gasteiger partial charge in [-0.25, -0.2) is 9.78 Å². The number of fused-ring (bicyclic) bond motifs is 1. The fraction of sp³-hybridized carbons (Fsp3) is 0.222.